The average molecular weight is 484 g/mol. The van der Waals surface area contributed by atoms with Crippen LogP contribution >= 0.6 is 0 Å². The van der Waals surface area contributed by atoms with Crippen molar-refractivity contribution in [2.75, 3.05) is 41.7 Å². The van der Waals surface area contributed by atoms with Crippen LogP contribution < -0.4 is 24.4 Å². The van der Waals surface area contributed by atoms with Crippen molar-refractivity contribution in [3.8, 4) is 11.5 Å². The van der Waals surface area contributed by atoms with Crippen LogP contribution in [0.1, 0.15) is 13.8 Å². The molecular weight excluding hydrogens is 454 g/mol. The van der Waals surface area contributed by atoms with E-state index in [1.54, 1.807) is 54.6 Å². The monoisotopic (exact) mass is 483 g/mol. The Kier molecular flexibility index (Phi) is 8.37. The van der Waals surface area contributed by atoms with Crippen LogP contribution in [-0.4, -0.2) is 41.1 Å². The van der Waals surface area contributed by atoms with E-state index in [0.29, 0.717) is 41.8 Å². The van der Waals surface area contributed by atoms with E-state index in [1.807, 2.05) is 19.9 Å². The lowest BCUT2D eigenvalue weighted by atomic mass is 10.2. The molecule has 0 aliphatic heterocycles. The summed E-state index contributed by atoms with van der Waals surface area (Å²) in [6.07, 6.45) is 0. The molecule has 0 spiro atoms. The number of hydrogen-bond acceptors (Lipinski definition) is 6. The van der Waals surface area contributed by atoms with Crippen LogP contribution in [0.4, 0.5) is 17.1 Å². The van der Waals surface area contributed by atoms with Crippen LogP contribution in [0.5, 0.6) is 11.5 Å². The molecule has 0 saturated carbocycles. The zero-order valence-corrected chi connectivity index (χ0v) is 20.3. The van der Waals surface area contributed by atoms with Crippen molar-refractivity contribution in [2.24, 2.45) is 0 Å². The van der Waals surface area contributed by atoms with Crippen LogP contribution in [0, 0.1) is 0 Å². The first-order valence-electron chi connectivity index (χ1n) is 10.9. The molecule has 180 valence electrons. The fourth-order valence-electron chi connectivity index (χ4n) is 3.22. The highest BCUT2D eigenvalue weighted by atomic mass is 32.2. The number of ether oxygens (including phenoxy) is 2. The van der Waals surface area contributed by atoms with Crippen molar-refractivity contribution in [1.82, 2.24) is 0 Å². The van der Waals surface area contributed by atoms with Crippen LogP contribution in [-0.2, 0) is 14.8 Å². The maximum atomic E-state index is 13.0. The molecule has 0 heterocycles. The highest BCUT2D eigenvalue weighted by Crippen LogP contribution is 2.30. The van der Waals surface area contributed by atoms with Crippen molar-refractivity contribution in [3.05, 3.63) is 72.8 Å². The van der Waals surface area contributed by atoms with Gasteiger partial charge in [0.1, 0.15) is 0 Å². The first-order valence-corrected chi connectivity index (χ1v) is 12.4. The quantitative estimate of drug-likeness (QED) is 0.421. The van der Waals surface area contributed by atoms with E-state index in [0.717, 1.165) is 0 Å². The molecular formula is C25H29N3O5S. The molecule has 34 heavy (non-hydrogen) atoms. The molecule has 3 aromatic carbocycles. The van der Waals surface area contributed by atoms with Gasteiger partial charge in [0, 0.05) is 24.5 Å². The van der Waals surface area contributed by atoms with Gasteiger partial charge in [-0.25, -0.2) is 8.42 Å². The minimum absolute atomic E-state index is 0.0464. The molecule has 0 aromatic heterocycles. The van der Waals surface area contributed by atoms with E-state index in [4.69, 9.17) is 9.47 Å². The zero-order chi connectivity index (χ0) is 24.6. The summed E-state index contributed by atoms with van der Waals surface area (Å²) < 4.78 is 38.4. The number of rotatable bonds is 11. The summed E-state index contributed by atoms with van der Waals surface area (Å²) in [7, 11) is -2.25. The Morgan fingerprint density at radius 3 is 2.26 bits per heavy atom. The van der Waals surface area contributed by atoms with Crippen LogP contribution in [0.3, 0.4) is 0 Å². The fourth-order valence-corrected chi connectivity index (χ4v) is 4.46. The maximum Gasteiger partial charge on any atom is 0.264 e. The smallest absolute Gasteiger partial charge is 0.264 e. The first kappa shape index (κ1) is 24.9. The molecule has 0 saturated heterocycles. The van der Waals surface area contributed by atoms with Crippen molar-refractivity contribution in [1.29, 1.82) is 0 Å². The zero-order valence-electron chi connectivity index (χ0n) is 19.4. The molecule has 9 heteroatoms. The number of para-hydroxylation sites is 1. The number of nitrogens with one attached hydrogen (secondary N) is 2. The van der Waals surface area contributed by atoms with Crippen molar-refractivity contribution < 1.29 is 22.7 Å². The maximum absolute atomic E-state index is 13.0. The molecule has 0 atom stereocenters. The van der Waals surface area contributed by atoms with Gasteiger partial charge in [0.05, 0.1) is 30.3 Å². The van der Waals surface area contributed by atoms with E-state index in [-0.39, 0.29) is 17.3 Å². The summed E-state index contributed by atoms with van der Waals surface area (Å²) in [6, 6.07) is 20.4. The van der Waals surface area contributed by atoms with Gasteiger partial charge in [-0.1, -0.05) is 24.3 Å². The average Bonchev–Trinajstić information content (AvgIpc) is 2.85. The number of anilines is 3. The molecule has 3 rings (SSSR count). The molecule has 2 N–H and O–H groups in total. The van der Waals surface area contributed by atoms with Gasteiger partial charge in [0.25, 0.3) is 10.0 Å². The van der Waals surface area contributed by atoms with Gasteiger partial charge in [-0.15, -0.1) is 0 Å². The van der Waals surface area contributed by atoms with Gasteiger partial charge in [-0.2, -0.15) is 0 Å². The number of benzene rings is 3. The molecule has 3 aromatic rings. The summed E-state index contributed by atoms with van der Waals surface area (Å²) in [6.45, 7) is 4.69. The van der Waals surface area contributed by atoms with Gasteiger partial charge in [-0.3, -0.25) is 9.10 Å². The van der Waals surface area contributed by atoms with Crippen molar-refractivity contribution in [2.45, 2.75) is 18.7 Å². The molecule has 0 radical (unpaired) electrons. The predicted octanol–water partition coefficient (Wildman–Crippen LogP) is 4.36. The number of hydrogen-bond donors (Lipinski definition) is 2. The fraction of sp³-hybridized carbons (Fsp3) is 0.240. The van der Waals surface area contributed by atoms with Crippen LogP contribution in [0.15, 0.2) is 77.7 Å². The van der Waals surface area contributed by atoms with E-state index >= 15 is 0 Å². The number of amides is 1. The summed E-state index contributed by atoms with van der Waals surface area (Å²) in [5.41, 5.74) is 1.64. The summed E-state index contributed by atoms with van der Waals surface area (Å²) in [4.78, 5) is 12.6. The summed E-state index contributed by atoms with van der Waals surface area (Å²) in [5.74, 6) is 0.871. The molecule has 0 unspecified atom stereocenters. The molecule has 0 aliphatic rings. The molecule has 1 amide bonds. The Labute approximate surface area is 200 Å². The van der Waals surface area contributed by atoms with Crippen molar-refractivity contribution >= 4 is 33.0 Å². The Bertz CT molecular complexity index is 1220. The highest BCUT2D eigenvalue weighted by Gasteiger charge is 2.21. The molecule has 0 bridgehead atoms. The van der Waals surface area contributed by atoms with E-state index in [1.165, 1.54) is 23.5 Å². The van der Waals surface area contributed by atoms with Gasteiger partial charge in [0.2, 0.25) is 5.91 Å². The Morgan fingerprint density at radius 2 is 1.56 bits per heavy atom. The largest absolute Gasteiger partial charge is 0.490 e. The van der Waals surface area contributed by atoms with Crippen molar-refractivity contribution in [3.63, 3.8) is 0 Å². The number of sulfonamides is 1. The van der Waals surface area contributed by atoms with Gasteiger partial charge < -0.3 is 20.1 Å². The minimum atomic E-state index is -3.75. The number of carbonyl (C=O) groups is 1. The minimum Gasteiger partial charge on any atom is -0.490 e. The lowest BCUT2D eigenvalue weighted by Gasteiger charge is -2.20. The second kappa shape index (κ2) is 11.4. The Hall–Kier alpha value is -3.72. The summed E-state index contributed by atoms with van der Waals surface area (Å²) >= 11 is 0. The van der Waals surface area contributed by atoms with E-state index in [9.17, 15) is 13.2 Å². The standard InChI is InChI=1S/C25H29N3O5S/c1-4-32-23-15-14-20(17-24(23)33-5-2)27-25(29)18-26-19-10-9-13-22(16-19)34(30,31)28(3)21-11-7-6-8-12-21/h6-17,26H,4-5,18H2,1-3H3,(H,27,29). The molecule has 0 fully saturated rings. The third kappa shape index (κ3) is 6.20. The van der Waals surface area contributed by atoms with Gasteiger partial charge in [-0.05, 0) is 56.3 Å². The third-order valence-corrected chi connectivity index (χ3v) is 6.67. The predicted molar refractivity (Wildman–Crippen MR) is 134 cm³/mol. The SMILES string of the molecule is CCOc1ccc(NC(=O)CNc2cccc(S(=O)(=O)N(C)c3ccccc3)c2)cc1OCC. The second-order valence-corrected chi connectivity index (χ2v) is 9.23. The highest BCUT2D eigenvalue weighted by molar-refractivity contribution is 7.92. The van der Waals surface area contributed by atoms with E-state index < -0.39 is 10.0 Å². The lowest BCUT2D eigenvalue weighted by Crippen LogP contribution is -2.26. The third-order valence-electron chi connectivity index (χ3n) is 4.89. The van der Waals surface area contributed by atoms with Gasteiger partial charge >= 0.3 is 0 Å². The number of carbonyl (C=O) groups excluding carboxylic acids is 1. The van der Waals surface area contributed by atoms with E-state index in [2.05, 4.69) is 10.6 Å². The molecule has 0 aliphatic carbocycles. The van der Waals surface area contributed by atoms with Crippen LogP contribution in [0.2, 0.25) is 0 Å². The van der Waals surface area contributed by atoms with Crippen LogP contribution in [0.25, 0.3) is 0 Å². The van der Waals surface area contributed by atoms with Gasteiger partial charge in [0.15, 0.2) is 11.5 Å². The Morgan fingerprint density at radius 1 is 0.853 bits per heavy atom. The topological polar surface area (TPSA) is 97.0 Å². The second-order valence-electron chi connectivity index (χ2n) is 7.27. The Balaban J connectivity index is 1.66. The normalized spacial score (nSPS) is 10.9. The molecule has 8 nitrogen and oxygen atoms in total. The first-order chi connectivity index (χ1) is 16.3. The summed E-state index contributed by atoms with van der Waals surface area (Å²) in [5, 5.41) is 5.78. The number of nitrogens with zero attached hydrogens (tertiary/aromatic N) is 1. The lowest BCUT2D eigenvalue weighted by molar-refractivity contribution is -0.114.